The van der Waals surface area contributed by atoms with Crippen molar-refractivity contribution in [3.8, 4) is 0 Å². The molecular weight excluding hydrogens is 270 g/mol. The van der Waals surface area contributed by atoms with Crippen molar-refractivity contribution in [2.75, 3.05) is 24.3 Å². The number of aliphatic carboxylic acids is 1. The van der Waals surface area contributed by atoms with E-state index in [4.69, 9.17) is 5.11 Å². The maximum absolute atomic E-state index is 12.0. The summed E-state index contributed by atoms with van der Waals surface area (Å²) in [6.07, 6.45) is 0.387. The summed E-state index contributed by atoms with van der Waals surface area (Å²) in [4.78, 5) is 25.0. The first-order chi connectivity index (χ1) is 9.81. The molecule has 0 aliphatic rings. The Hall–Kier alpha value is -2.24. The molecule has 0 saturated heterocycles. The third-order valence-electron chi connectivity index (χ3n) is 2.94. The van der Waals surface area contributed by atoms with Crippen LogP contribution in [0, 0.1) is 5.92 Å². The number of carboxylic acid groups (broad SMARTS) is 1. The van der Waals surface area contributed by atoms with E-state index in [0.717, 1.165) is 5.69 Å². The Kier molecular flexibility index (Phi) is 6.02. The lowest BCUT2D eigenvalue weighted by atomic mass is 10.0. The summed E-state index contributed by atoms with van der Waals surface area (Å²) in [5.74, 6) is -0.847. The highest BCUT2D eigenvalue weighted by atomic mass is 16.4. The van der Waals surface area contributed by atoms with Gasteiger partial charge in [-0.1, -0.05) is 26.0 Å². The van der Waals surface area contributed by atoms with Crippen molar-refractivity contribution in [1.82, 2.24) is 5.32 Å². The number of hydrogen-bond donors (Lipinski definition) is 3. The number of para-hydroxylation sites is 2. The molecule has 0 radical (unpaired) electrons. The topological polar surface area (TPSA) is 81.7 Å². The van der Waals surface area contributed by atoms with Crippen LogP contribution in [0.1, 0.15) is 20.3 Å². The van der Waals surface area contributed by atoms with Gasteiger partial charge in [0.25, 0.3) is 0 Å². The molecular formula is C15H23N3O3. The van der Waals surface area contributed by atoms with Crippen molar-refractivity contribution in [3.05, 3.63) is 24.3 Å². The van der Waals surface area contributed by atoms with Gasteiger partial charge in [0.15, 0.2) is 0 Å². The summed E-state index contributed by atoms with van der Waals surface area (Å²) >= 11 is 0. The zero-order chi connectivity index (χ0) is 16.0. The number of amides is 2. The average molecular weight is 293 g/mol. The van der Waals surface area contributed by atoms with Gasteiger partial charge in [-0.15, -0.1) is 0 Å². The van der Waals surface area contributed by atoms with E-state index in [1.807, 2.05) is 51.0 Å². The number of hydrogen-bond acceptors (Lipinski definition) is 3. The number of anilines is 2. The summed E-state index contributed by atoms with van der Waals surface area (Å²) < 4.78 is 0. The molecule has 0 bridgehead atoms. The maximum atomic E-state index is 12.0. The first-order valence-electron chi connectivity index (χ1n) is 6.88. The normalized spacial score (nSPS) is 11.9. The van der Waals surface area contributed by atoms with E-state index in [9.17, 15) is 9.59 Å². The van der Waals surface area contributed by atoms with E-state index in [2.05, 4.69) is 10.6 Å². The number of nitrogens with zero attached hydrogens (tertiary/aromatic N) is 1. The molecule has 0 heterocycles. The molecule has 0 spiro atoms. The number of carboxylic acids is 1. The van der Waals surface area contributed by atoms with E-state index in [1.54, 1.807) is 6.07 Å². The second-order valence-corrected chi connectivity index (χ2v) is 5.53. The third kappa shape index (κ3) is 5.33. The SMILES string of the molecule is CC(C)C[C@H](NC(=O)Nc1ccccc1N(C)C)C(=O)O. The van der Waals surface area contributed by atoms with E-state index < -0.39 is 18.0 Å². The highest BCUT2D eigenvalue weighted by Gasteiger charge is 2.21. The van der Waals surface area contributed by atoms with Gasteiger partial charge in [0.2, 0.25) is 0 Å². The summed E-state index contributed by atoms with van der Waals surface area (Å²) in [5.41, 5.74) is 1.48. The molecule has 21 heavy (non-hydrogen) atoms. The fraction of sp³-hybridized carbons (Fsp3) is 0.467. The predicted octanol–water partition coefficient (Wildman–Crippen LogP) is 2.37. The second kappa shape index (κ2) is 7.52. The van der Waals surface area contributed by atoms with Crippen LogP contribution in [-0.2, 0) is 4.79 Å². The van der Waals surface area contributed by atoms with Crippen LogP contribution >= 0.6 is 0 Å². The average Bonchev–Trinajstić information content (AvgIpc) is 2.37. The predicted molar refractivity (Wildman–Crippen MR) is 83.8 cm³/mol. The number of nitrogens with one attached hydrogen (secondary N) is 2. The van der Waals surface area contributed by atoms with E-state index >= 15 is 0 Å². The van der Waals surface area contributed by atoms with Crippen molar-refractivity contribution < 1.29 is 14.7 Å². The smallest absolute Gasteiger partial charge is 0.326 e. The molecule has 0 aliphatic carbocycles. The number of carbonyl (C=O) groups is 2. The highest BCUT2D eigenvalue weighted by Crippen LogP contribution is 2.23. The van der Waals surface area contributed by atoms with Crippen LogP contribution in [0.4, 0.5) is 16.2 Å². The summed E-state index contributed by atoms with van der Waals surface area (Å²) in [6.45, 7) is 3.83. The Morgan fingerprint density at radius 1 is 1.24 bits per heavy atom. The highest BCUT2D eigenvalue weighted by molar-refractivity contribution is 5.95. The van der Waals surface area contributed by atoms with Gasteiger partial charge in [-0.25, -0.2) is 9.59 Å². The van der Waals surface area contributed by atoms with Crippen LogP contribution < -0.4 is 15.5 Å². The second-order valence-electron chi connectivity index (χ2n) is 5.53. The Morgan fingerprint density at radius 3 is 2.38 bits per heavy atom. The third-order valence-corrected chi connectivity index (χ3v) is 2.94. The molecule has 0 aliphatic heterocycles. The molecule has 3 N–H and O–H groups in total. The standard InChI is InChI=1S/C15H23N3O3/c1-10(2)9-12(14(19)20)17-15(21)16-11-7-5-6-8-13(11)18(3)4/h5-8,10,12H,9H2,1-4H3,(H,19,20)(H2,16,17,21)/t12-/m0/s1. The van der Waals surface area contributed by atoms with Crippen LogP contribution in [0.2, 0.25) is 0 Å². The summed E-state index contributed by atoms with van der Waals surface area (Å²) in [5, 5.41) is 14.3. The largest absolute Gasteiger partial charge is 0.480 e. The van der Waals surface area contributed by atoms with E-state index in [0.29, 0.717) is 12.1 Å². The van der Waals surface area contributed by atoms with Crippen molar-refractivity contribution >= 4 is 23.4 Å². The Bertz CT molecular complexity index is 501. The fourth-order valence-electron chi connectivity index (χ4n) is 1.98. The number of carbonyl (C=O) groups excluding carboxylic acids is 1. The van der Waals surface area contributed by atoms with Gasteiger partial charge < -0.3 is 20.6 Å². The fourth-order valence-corrected chi connectivity index (χ4v) is 1.98. The Morgan fingerprint density at radius 2 is 1.86 bits per heavy atom. The molecule has 1 atom stereocenters. The van der Waals surface area contributed by atoms with Crippen molar-refractivity contribution in [1.29, 1.82) is 0 Å². The van der Waals surface area contributed by atoms with Crippen LogP contribution in [0.15, 0.2) is 24.3 Å². The van der Waals surface area contributed by atoms with Gasteiger partial charge in [0.05, 0.1) is 11.4 Å². The molecule has 1 aromatic carbocycles. The van der Waals surface area contributed by atoms with E-state index in [1.165, 1.54) is 0 Å². The quantitative estimate of drug-likeness (QED) is 0.752. The number of urea groups is 1. The molecule has 116 valence electrons. The summed E-state index contributed by atoms with van der Waals surface area (Å²) in [7, 11) is 3.74. The molecule has 6 nitrogen and oxygen atoms in total. The Labute approximate surface area is 125 Å². The lowest BCUT2D eigenvalue weighted by Crippen LogP contribution is -2.43. The van der Waals surface area contributed by atoms with Crippen molar-refractivity contribution in [2.45, 2.75) is 26.3 Å². The van der Waals surface area contributed by atoms with E-state index in [-0.39, 0.29) is 5.92 Å². The van der Waals surface area contributed by atoms with Crippen molar-refractivity contribution in [2.24, 2.45) is 5.92 Å². The molecule has 1 rings (SSSR count). The molecule has 1 aromatic rings. The molecule has 0 aromatic heterocycles. The van der Waals surface area contributed by atoms with Crippen molar-refractivity contribution in [3.63, 3.8) is 0 Å². The molecule has 2 amide bonds. The number of rotatable bonds is 6. The molecule has 0 fully saturated rings. The zero-order valence-corrected chi connectivity index (χ0v) is 12.9. The van der Waals surface area contributed by atoms with Gasteiger partial charge in [0.1, 0.15) is 6.04 Å². The molecule has 0 unspecified atom stereocenters. The van der Waals surface area contributed by atoms with Gasteiger partial charge >= 0.3 is 12.0 Å². The zero-order valence-electron chi connectivity index (χ0n) is 12.9. The van der Waals surface area contributed by atoms with Gasteiger partial charge in [0, 0.05) is 14.1 Å². The minimum absolute atomic E-state index is 0.181. The minimum atomic E-state index is -1.03. The van der Waals surface area contributed by atoms with Gasteiger partial charge in [-0.3, -0.25) is 0 Å². The number of benzene rings is 1. The Balaban J connectivity index is 2.75. The van der Waals surface area contributed by atoms with Gasteiger partial charge in [-0.05, 0) is 24.5 Å². The van der Waals surface area contributed by atoms with Crippen LogP contribution in [0.3, 0.4) is 0 Å². The van der Waals surface area contributed by atoms with Crippen LogP contribution in [0.5, 0.6) is 0 Å². The van der Waals surface area contributed by atoms with Gasteiger partial charge in [-0.2, -0.15) is 0 Å². The van der Waals surface area contributed by atoms with Crippen LogP contribution in [-0.4, -0.2) is 37.2 Å². The maximum Gasteiger partial charge on any atom is 0.326 e. The first-order valence-corrected chi connectivity index (χ1v) is 6.88. The molecule has 6 heteroatoms. The lowest BCUT2D eigenvalue weighted by Gasteiger charge is -2.20. The molecule has 0 saturated carbocycles. The first kappa shape index (κ1) is 16.8. The minimum Gasteiger partial charge on any atom is -0.480 e. The monoisotopic (exact) mass is 293 g/mol. The van der Waals surface area contributed by atoms with Crippen LogP contribution in [0.25, 0.3) is 0 Å². The lowest BCUT2D eigenvalue weighted by molar-refractivity contribution is -0.139. The summed E-state index contributed by atoms with van der Waals surface area (Å²) in [6, 6.07) is 5.92.